The molecule has 0 radical (unpaired) electrons. The van der Waals surface area contributed by atoms with Crippen LogP contribution in [0.3, 0.4) is 0 Å². The Bertz CT molecular complexity index is 750. The quantitative estimate of drug-likeness (QED) is 0.722. The number of carbonyl (C=O) groups excluding carboxylic acids is 1. The van der Waals surface area contributed by atoms with Gasteiger partial charge < -0.3 is 33.9 Å². The Morgan fingerprint density at radius 2 is 1.15 bits per heavy atom. The Kier molecular flexibility index (Phi) is 6.00. The molecule has 0 atom stereocenters. The third kappa shape index (κ3) is 3.85. The maximum atomic E-state index is 12.3. The third-order valence-corrected chi connectivity index (χ3v) is 3.63. The summed E-state index contributed by atoms with van der Waals surface area (Å²) in [5, 5.41) is 19.8. The summed E-state index contributed by atoms with van der Waals surface area (Å²) in [6, 6.07) is 5.75. The van der Waals surface area contributed by atoms with Gasteiger partial charge in [-0.2, -0.15) is 0 Å². The Hall–Kier alpha value is -3.29. The highest BCUT2D eigenvalue weighted by atomic mass is 16.5. The van der Waals surface area contributed by atoms with E-state index in [2.05, 4.69) is 0 Å². The lowest BCUT2D eigenvalue weighted by molar-refractivity contribution is 0.0471. The van der Waals surface area contributed by atoms with Crippen LogP contribution in [0.25, 0.3) is 0 Å². The van der Waals surface area contributed by atoms with Crippen LogP contribution in [-0.4, -0.2) is 44.6 Å². The lowest BCUT2D eigenvalue weighted by Gasteiger charge is -2.13. The van der Waals surface area contributed by atoms with Crippen molar-refractivity contribution >= 4 is 5.97 Å². The van der Waals surface area contributed by atoms with Crippen LogP contribution in [0.15, 0.2) is 24.3 Å². The summed E-state index contributed by atoms with van der Waals surface area (Å²) in [5.74, 6) is -0.425. The average molecular weight is 364 g/mol. The minimum Gasteiger partial charge on any atom is -0.502 e. The van der Waals surface area contributed by atoms with E-state index >= 15 is 0 Å². The maximum Gasteiger partial charge on any atom is 0.338 e. The zero-order valence-corrected chi connectivity index (χ0v) is 14.9. The molecule has 0 saturated heterocycles. The average Bonchev–Trinajstić information content (AvgIpc) is 2.66. The Balaban J connectivity index is 2.21. The second-order valence-corrected chi connectivity index (χ2v) is 5.15. The largest absolute Gasteiger partial charge is 0.502 e. The van der Waals surface area contributed by atoms with E-state index in [1.165, 1.54) is 52.7 Å². The first-order chi connectivity index (χ1) is 12.4. The lowest BCUT2D eigenvalue weighted by atomic mass is 10.1. The summed E-state index contributed by atoms with van der Waals surface area (Å²) < 4.78 is 25.4. The van der Waals surface area contributed by atoms with E-state index in [4.69, 9.17) is 23.7 Å². The molecule has 0 saturated carbocycles. The van der Waals surface area contributed by atoms with Gasteiger partial charge in [0.1, 0.15) is 6.61 Å². The molecular formula is C18H20O8. The van der Waals surface area contributed by atoms with Crippen LogP contribution in [0, 0.1) is 0 Å². The molecule has 8 nitrogen and oxygen atoms in total. The van der Waals surface area contributed by atoms with E-state index in [0.717, 1.165) is 0 Å². The van der Waals surface area contributed by atoms with Gasteiger partial charge in [-0.3, -0.25) is 0 Å². The van der Waals surface area contributed by atoms with E-state index in [1.54, 1.807) is 0 Å². The van der Waals surface area contributed by atoms with Gasteiger partial charge in [-0.15, -0.1) is 0 Å². The van der Waals surface area contributed by atoms with Crippen molar-refractivity contribution in [2.24, 2.45) is 0 Å². The molecule has 0 fully saturated rings. The van der Waals surface area contributed by atoms with Gasteiger partial charge in [0.25, 0.3) is 0 Å². The third-order valence-electron chi connectivity index (χ3n) is 3.63. The number of carbonyl (C=O) groups is 1. The van der Waals surface area contributed by atoms with Gasteiger partial charge >= 0.3 is 5.97 Å². The summed E-state index contributed by atoms with van der Waals surface area (Å²) in [6.07, 6.45) is 0. The lowest BCUT2D eigenvalue weighted by Crippen LogP contribution is -2.06. The zero-order valence-electron chi connectivity index (χ0n) is 14.9. The molecule has 2 rings (SSSR count). The fourth-order valence-electron chi connectivity index (χ4n) is 2.27. The molecule has 0 spiro atoms. The molecule has 0 aliphatic heterocycles. The van der Waals surface area contributed by atoms with Gasteiger partial charge in [0, 0.05) is 0 Å². The Morgan fingerprint density at radius 1 is 0.769 bits per heavy atom. The highest BCUT2D eigenvalue weighted by Crippen LogP contribution is 2.38. The number of aromatic hydroxyl groups is 2. The molecule has 8 heteroatoms. The van der Waals surface area contributed by atoms with Crippen molar-refractivity contribution in [2.45, 2.75) is 6.61 Å². The summed E-state index contributed by atoms with van der Waals surface area (Å²) >= 11 is 0. The number of ether oxygens (including phenoxy) is 5. The van der Waals surface area contributed by atoms with Crippen molar-refractivity contribution in [1.29, 1.82) is 0 Å². The van der Waals surface area contributed by atoms with Crippen molar-refractivity contribution in [1.82, 2.24) is 0 Å². The maximum absolute atomic E-state index is 12.3. The summed E-state index contributed by atoms with van der Waals surface area (Å²) in [7, 11) is 5.52. The van der Waals surface area contributed by atoms with Crippen LogP contribution in [0.4, 0.5) is 0 Å². The molecule has 2 aromatic carbocycles. The van der Waals surface area contributed by atoms with Crippen LogP contribution in [0.1, 0.15) is 15.9 Å². The van der Waals surface area contributed by atoms with Crippen LogP contribution < -0.4 is 18.9 Å². The highest BCUT2D eigenvalue weighted by Gasteiger charge is 2.18. The van der Waals surface area contributed by atoms with E-state index in [0.29, 0.717) is 5.56 Å². The molecule has 0 unspecified atom stereocenters. The van der Waals surface area contributed by atoms with E-state index in [1.807, 2.05) is 0 Å². The fourth-order valence-corrected chi connectivity index (χ4v) is 2.27. The molecule has 0 heterocycles. The first kappa shape index (κ1) is 19.0. The number of hydrogen-bond acceptors (Lipinski definition) is 8. The molecule has 140 valence electrons. The van der Waals surface area contributed by atoms with E-state index in [-0.39, 0.29) is 46.7 Å². The second-order valence-electron chi connectivity index (χ2n) is 5.15. The van der Waals surface area contributed by atoms with Crippen LogP contribution >= 0.6 is 0 Å². The van der Waals surface area contributed by atoms with Crippen molar-refractivity contribution < 1.29 is 38.7 Å². The van der Waals surface area contributed by atoms with Crippen LogP contribution in [0.2, 0.25) is 0 Å². The van der Waals surface area contributed by atoms with Crippen molar-refractivity contribution in [2.75, 3.05) is 28.4 Å². The van der Waals surface area contributed by atoms with Crippen LogP contribution in [0.5, 0.6) is 34.5 Å². The minimum absolute atomic E-state index is 0.0860. The van der Waals surface area contributed by atoms with Gasteiger partial charge in [0.15, 0.2) is 23.0 Å². The number of phenols is 2. The molecule has 0 amide bonds. The first-order valence-electron chi connectivity index (χ1n) is 7.51. The second kappa shape index (κ2) is 8.19. The van der Waals surface area contributed by atoms with Gasteiger partial charge in [0.05, 0.1) is 34.0 Å². The summed E-state index contributed by atoms with van der Waals surface area (Å²) in [6.45, 7) is -0.0860. The predicted molar refractivity (Wildman–Crippen MR) is 91.5 cm³/mol. The van der Waals surface area contributed by atoms with E-state index < -0.39 is 5.97 Å². The van der Waals surface area contributed by atoms with Crippen molar-refractivity contribution in [3.63, 3.8) is 0 Å². The zero-order chi connectivity index (χ0) is 19.3. The SMILES string of the molecule is COc1cc(COC(=O)c2cc(OC)c(O)c(OC)c2)cc(OC)c1O. The molecule has 2 aromatic rings. The van der Waals surface area contributed by atoms with Crippen LogP contribution in [-0.2, 0) is 11.3 Å². The molecular weight excluding hydrogens is 344 g/mol. The normalized spacial score (nSPS) is 10.2. The highest BCUT2D eigenvalue weighted by molar-refractivity contribution is 5.91. The number of esters is 1. The first-order valence-corrected chi connectivity index (χ1v) is 7.51. The van der Waals surface area contributed by atoms with Gasteiger partial charge in [-0.05, 0) is 29.8 Å². The number of benzene rings is 2. The van der Waals surface area contributed by atoms with Gasteiger partial charge in [0.2, 0.25) is 11.5 Å². The summed E-state index contributed by atoms with van der Waals surface area (Å²) in [5.41, 5.74) is 0.705. The topological polar surface area (TPSA) is 104 Å². The number of phenolic OH excluding ortho intramolecular Hbond substituents is 2. The molecule has 0 aliphatic carbocycles. The van der Waals surface area contributed by atoms with Gasteiger partial charge in [-0.25, -0.2) is 4.79 Å². The predicted octanol–water partition coefficient (Wildman–Crippen LogP) is 2.49. The number of rotatable bonds is 7. The Labute approximate surface area is 150 Å². The molecule has 0 aliphatic rings. The minimum atomic E-state index is -0.646. The standard InChI is InChI=1S/C18H20O8/c1-22-12-5-10(6-13(23-2)16(12)19)9-26-18(21)11-7-14(24-3)17(20)15(8-11)25-4/h5-8,19-20H,9H2,1-4H3. The number of methoxy groups -OCH3 is 4. The van der Waals surface area contributed by atoms with Crippen molar-refractivity contribution in [3.8, 4) is 34.5 Å². The Morgan fingerprint density at radius 3 is 1.54 bits per heavy atom. The van der Waals surface area contributed by atoms with Crippen molar-refractivity contribution in [3.05, 3.63) is 35.4 Å². The molecule has 0 aromatic heterocycles. The monoisotopic (exact) mass is 364 g/mol. The molecule has 0 bridgehead atoms. The van der Waals surface area contributed by atoms with E-state index in [9.17, 15) is 15.0 Å². The summed E-state index contributed by atoms with van der Waals surface area (Å²) in [4.78, 5) is 12.3. The smallest absolute Gasteiger partial charge is 0.338 e. The molecule has 2 N–H and O–H groups in total. The number of hydrogen-bond donors (Lipinski definition) is 2. The van der Waals surface area contributed by atoms with Gasteiger partial charge in [-0.1, -0.05) is 0 Å². The molecule has 26 heavy (non-hydrogen) atoms. The fraction of sp³-hybridized carbons (Fsp3) is 0.278.